The van der Waals surface area contributed by atoms with Gasteiger partial charge in [-0.25, -0.2) is 19.9 Å². The number of aromatic amines is 1. The van der Waals surface area contributed by atoms with Gasteiger partial charge in [0.25, 0.3) is 11.5 Å². The van der Waals surface area contributed by atoms with E-state index < -0.39 is 73.8 Å². The van der Waals surface area contributed by atoms with Gasteiger partial charge >= 0.3 is 13.4 Å². The number of imidazole rings is 1. The lowest BCUT2D eigenvalue weighted by Gasteiger charge is -2.31. The number of fused-ring (bicyclic) bond motifs is 2. The molecule has 2 aliphatic rings. The first kappa shape index (κ1) is 48.1. The van der Waals surface area contributed by atoms with E-state index >= 15 is 0 Å². The Balaban J connectivity index is 1.18. The van der Waals surface area contributed by atoms with Gasteiger partial charge in [0.2, 0.25) is 0 Å². The Hall–Kier alpha value is -3.82. The molecule has 0 radical (unpaired) electrons. The molecule has 12 atom stereocenters. The summed E-state index contributed by atoms with van der Waals surface area (Å²) in [5, 5.41) is 32.5. The molecule has 4 aromatic heterocycles. The average molecular weight is 991 g/mol. The van der Waals surface area contributed by atoms with Gasteiger partial charge in [0.15, 0.2) is 11.2 Å². The monoisotopic (exact) mass is 990 g/mol. The van der Waals surface area contributed by atoms with Crippen LogP contribution in [0.15, 0.2) is 79.0 Å². The fourth-order valence-electron chi connectivity index (χ4n) is 6.88. The van der Waals surface area contributed by atoms with Gasteiger partial charge in [0.05, 0.1) is 76.1 Å². The maximum Gasteiger partial charge on any atom is 0.327 e. The molecule has 0 spiro atoms. The number of H-pyrrole nitrogens is 1. The number of nitriles is 2. The van der Waals surface area contributed by atoms with Crippen molar-refractivity contribution in [2.45, 2.75) is 61.0 Å². The van der Waals surface area contributed by atoms with Gasteiger partial charge < -0.3 is 56.6 Å². The molecule has 0 bridgehead atoms. The second kappa shape index (κ2) is 21.7. The molecule has 3 N–H and O–H groups in total. The van der Waals surface area contributed by atoms with Gasteiger partial charge in [-0.3, -0.25) is 14.2 Å². The van der Waals surface area contributed by atoms with E-state index in [-0.39, 0.29) is 62.2 Å². The molecule has 1 amide bonds. The van der Waals surface area contributed by atoms with Crippen molar-refractivity contribution in [3.8, 4) is 12.1 Å². The van der Waals surface area contributed by atoms with Crippen LogP contribution in [0.2, 0.25) is 0 Å². The van der Waals surface area contributed by atoms with Gasteiger partial charge in [0, 0.05) is 23.1 Å². The Kier molecular flexibility index (Phi) is 16.3. The molecule has 21 nitrogen and oxygen atoms in total. The molecular weight excluding hydrogens is 948 g/mol. The molecule has 7 rings (SSSR count). The summed E-state index contributed by atoms with van der Waals surface area (Å²) in [5.74, 6) is -0.0912. The van der Waals surface area contributed by atoms with Crippen LogP contribution in [-0.2, 0) is 60.2 Å². The summed E-state index contributed by atoms with van der Waals surface area (Å²) in [6.45, 7) is -4.80. The van der Waals surface area contributed by atoms with Crippen LogP contribution in [0.25, 0.3) is 22.2 Å². The number of carbonyl (C=O) groups is 1. The molecule has 0 saturated carbocycles. The number of carbonyl (C=O) groups excluding carboxylic acids is 1. The van der Waals surface area contributed by atoms with Crippen molar-refractivity contribution in [1.82, 2.24) is 34.1 Å². The lowest BCUT2D eigenvalue weighted by atomic mass is 10.2. The minimum atomic E-state index is -3.86. The molecule has 2 fully saturated rings. The lowest BCUT2D eigenvalue weighted by Crippen LogP contribution is -2.35. The van der Waals surface area contributed by atoms with Crippen LogP contribution in [0.5, 0.6) is 0 Å². The third-order valence-corrected chi connectivity index (χ3v) is 16.0. The highest BCUT2D eigenvalue weighted by Crippen LogP contribution is 2.58. The van der Waals surface area contributed by atoms with Gasteiger partial charge in [-0.05, 0) is 41.8 Å². The van der Waals surface area contributed by atoms with Crippen LogP contribution >= 0.6 is 31.9 Å². The number of hydrogen-bond donors (Lipinski definition) is 3. The number of benzene rings is 1. The Bertz CT molecular complexity index is 2700. The summed E-state index contributed by atoms with van der Waals surface area (Å²) in [4.78, 5) is 45.3. The fourth-order valence-corrected chi connectivity index (χ4v) is 12.5. The average Bonchev–Trinajstić information content (AvgIpc) is 4.07. The van der Waals surface area contributed by atoms with Crippen molar-refractivity contribution in [2.75, 3.05) is 38.4 Å². The van der Waals surface area contributed by atoms with E-state index in [1.807, 2.05) is 18.2 Å². The number of amides is 1. The van der Waals surface area contributed by atoms with Crippen LogP contribution < -0.4 is 10.9 Å². The van der Waals surface area contributed by atoms with Crippen LogP contribution in [-0.4, -0.2) is 114 Å². The van der Waals surface area contributed by atoms with Crippen LogP contribution in [0, 0.1) is 22.7 Å². The van der Waals surface area contributed by atoms with Crippen molar-refractivity contribution < 1.29 is 46.5 Å². The summed E-state index contributed by atoms with van der Waals surface area (Å²) < 4.78 is 53.5. The third-order valence-electron chi connectivity index (χ3n) is 9.82. The van der Waals surface area contributed by atoms with E-state index in [9.17, 15) is 25.2 Å². The van der Waals surface area contributed by atoms with Crippen molar-refractivity contribution in [1.29, 1.82) is 10.5 Å². The molecule has 338 valence electrons. The Morgan fingerprint density at radius 2 is 1.58 bits per heavy atom. The number of aliphatic hydroxyl groups excluding tert-OH is 1. The second-order valence-electron chi connectivity index (χ2n) is 13.9. The largest absolute Gasteiger partial charge is 0.394 e. The van der Waals surface area contributed by atoms with E-state index in [1.165, 1.54) is 25.1 Å². The zero-order valence-corrected chi connectivity index (χ0v) is 39.3. The zero-order chi connectivity index (χ0) is 45.4. The standard InChI is InChI=1S/C37H42N10O11P4S2/c1-2-14-51-61(63,52-15-6-11-38)58-28-25(56-36(30(28)60)46-13-10-23-31(40-19-41-32(23)46)45-34(49)22-8-4-3-5-9-22)18-54-62(64,53-16-7-12-39)57-27-24(17-48)55-37(29(27)59)47-21-44-26-33(47)42-20-43-35(26)50/h2-5,8-10,13,19-21,24-25,27-30,36-37,48H,1,6-7,14-18,59-60H2,(H,42,43,50)(H,40,41,45,49)/t24?,25?,27-,28-,29-,30-,36?,37?,61?,62?/m1/s1. The summed E-state index contributed by atoms with van der Waals surface area (Å²) in [6.07, 6.45) is 1.62. The number of nitrogens with zero attached hydrogens (tertiary/aromatic N) is 8. The number of aliphatic hydroxyl groups is 1. The number of rotatable bonds is 21. The molecule has 2 aliphatic heterocycles. The highest BCUT2D eigenvalue weighted by molar-refractivity contribution is 8.07. The highest BCUT2D eigenvalue weighted by atomic mass is 32.5. The van der Waals surface area contributed by atoms with Gasteiger partial charge in [-0.15, -0.1) is 25.1 Å². The lowest BCUT2D eigenvalue weighted by molar-refractivity contribution is -0.0517. The van der Waals surface area contributed by atoms with E-state index in [0.29, 0.717) is 16.6 Å². The predicted octanol–water partition coefficient (Wildman–Crippen LogP) is 4.39. The Morgan fingerprint density at radius 1 is 0.922 bits per heavy atom. The summed E-state index contributed by atoms with van der Waals surface area (Å²) >= 11 is 11.8. The third kappa shape index (κ3) is 10.7. The van der Waals surface area contributed by atoms with Crippen molar-refractivity contribution in [2.24, 2.45) is 0 Å². The predicted molar refractivity (Wildman–Crippen MR) is 245 cm³/mol. The number of hydrogen-bond acceptors (Lipinski definition) is 19. The van der Waals surface area contributed by atoms with Crippen molar-refractivity contribution in [3.05, 3.63) is 90.1 Å². The molecule has 1 aromatic carbocycles. The van der Waals surface area contributed by atoms with E-state index in [2.05, 4.69) is 55.3 Å². The molecular formula is C37H42N10O11P4S2. The summed E-state index contributed by atoms with van der Waals surface area (Å²) in [7, 11) is 5.34. The first-order valence-electron chi connectivity index (χ1n) is 19.4. The van der Waals surface area contributed by atoms with E-state index in [1.54, 1.807) is 45.7 Å². The molecule has 8 unspecified atom stereocenters. The first-order chi connectivity index (χ1) is 30.9. The quantitative estimate of drug-likeness (QED) is 0.0523. The minimum absolute atomic E-state index is 0.0154. The number of aromatic nitrogens is 7. The van der Waals surface area contributed by atoms with E-state index in [0.717, 1.165) is 0 Å². The van der Waals surface area contributed by atoms with Crippen LogP contribution in [0.1, 0.15) is 35.7 Å². The van der Waals surface area contributed by atoms with Gasteiger partial charge in [-0.1, -0.05) is 24.3 Å². The zero-order valence-electron chi connectivity index (χ0n) is 33.6. The number of ether oxygens (including phenoxy) is 2. The molecule has 2 saturated heterocycles. The molecule has 6 heterocycles. The smallest absolute Gasteiger partial charge is 0.327 e. The van der Waals surface area contributed by atoms with Gasteiger partial charge in [0.1, 0.15) is 54.7 Å². The van der Waals surface area contributed by atoms with E-state index in [4.69, 9.17) is 60.2 Å². The van der Waals surface area contributed by atoms with Crippen molar-refractivity contribution in [3.63, 3.8) is 0 Å². The first-order valence-corrected chi connectivity index (χ1v) is 25.9. The number of nitrogens with one attached hydrogen (secondary N) is 2. The highest BCUT2D eigenvalue weighted by Gasteiger charge is 2.50. The fraction of sp³-hybridized carbons (Fsp3) is 0.405. The molecule has 64 heavy (non-hydrogen) atoms. The Labute approximate surface area is 380 Å². The maximum absolute atomic E-state index is 13.1. The SMILES string of the molecule is C=CCOP(=S)(OCCC#N)O[C@@H]1C(COP(=S)(OCCC#N)O[C@@H]2C(CO)OC(n3cnc4c(=O)[nH]cnc43)[C@@H]2P)OC(n2ccc3c(NC(=O)c4ccccc4)ncnc32)[C@@H]1P. The van der Waals surface area contributed by atoms with Crippen LogP contribution in [0.3, 0.4) is 0 Å². The second-order valence-corrected chi connectivity index (χ2v) is 21.4. The molecule has 5 aromatic rings. The summed E-state index contributed by atoms with van der Waals surface area (Å²) in [5.41, 5.74) is -0.483. The Morgan fingerprint density at radius 3 is 2.25 bits per heavy atom. The van der Waals surface area contributed by atoms with Gasteiger partial charge in [-0.2, -0.15) is 10.5 Å². The summed E-state index contributed by atoms with van der Waals surface area (Å²) in [6, 6.07) is 14.5. The topological polar surface area (TPSA) is 265 Å². The minimum Gasteiger partial charge on any atom is -0.394 e. The van der Waals surface area contributed by atoms with Crippen molar-refractivity contribution >= 4 is 89.5 Å². The number of anilines is 1. The molecule has 27 heteroatoms. The maximum atomic E-state index is 13.1. The van der Waals surface area contributed by atoms with Crippen LogP contribution in [0.4, 0.5) is 5.82 Å². The molecule has 0 aliphatic carbocycles. The normalized spacial score (nSPS) is 25.1.